The number of nitrogens with one attached hydrogen (secondary N) is 1. The van der Waals surface area contributed by atoms with Crippen molar-refractivity contribution in [2.75, 3.05) is 5.32 Å². The van der Waals surface area contributed by atoms with Crippen LogP contribution >= 0.6 is 11.6 Å². The number of carbonyl (C=O) groups excluding carboxylic acids is 1. The predicted octanol–water partition coefficient (Wildman–Crippen LogP) is 5.06. The van der Waals surface area contributed by atoms with Crippen LogP contribution < -0.4 is 10.1 Å². The third kappa shape index (κ3) is 4.49. The maximum absolute atomic E-state index is 12.5. The van der Waals surface area contributed by atoms with Crippen LogP contribution in [0.5, 0.6) is 5.75 Å². The Morgan fingerprint density at radius 3 is 2.43 bits per heavy atom. The van der Waals surface area contributed by atoms with E-state index in [0.717, 1.165) is 11.1 Å². The summed E-state index contributed by atoms with van der Waals surface area (Å²) in [5.41, 5.74) is 4.02. The zero-order valence-corrected chi connectivity index (χ0v) is 14.7. The van der Waals surface area contributed by atoms with Crippen LogP contribution in [0.3, 0.4) is 0 Å². The molecule has 0 unspecified atom stereocenters. The van der Waals surface area contributed by atoms with Crippen molar-refractivity contribution in [3.05, 3.63) is 58.1 Å². The van der Waals surface area contributed by atoms with Crippen molar-refractivity contribution in [1.82, 2.24) is 0 Å². The van der Waals surface area contributed by atoms with Gasteiger partial charge in [0, 0.05) is 10.7 Å². The summed E-state index contributed by atoms with van der Waals surface area (Å²) < 4.78 is 5.86. The first-order valence-corrected chi connectivity index (χ1v) is 8.09. The summed E-state index contributed by atoms with van der Waals surface area (Å²) in [4.78, 5) is 12.5. The number of aryl methyl sites for hydroxylation is 3. The molecule has 2 aromatic carbocycles. The van der Waals surface area contributed by atoms with Crippen LogP contribution in [0.25, 0.3) is 0 Å². The van der Waals surface area contributed by atoms with Crippen molar-refractivity contribution in [3.63, 3.8) is 0 Å². The lowest BCUT2D eigenvalue weighted by atomic mass is 10.1. The molecule has 3 nitrogen and oxygen atoms in total. The van der Waals surface area contributed by atoms with Gasteiger partial charge in [-0.2, -0.15) is 0 Å². The van der Waals surface area contributed by atoms with Gasteiger partial charge < -0.3 is 10.1 Å². The van der Waals surface area contributed by atoms with Gasteiger partial charge in [0.15, 0.2) is 6.10 Å². The lowest BCUT2D eigenvalue weighted by Gasteiger charge is -2.19. The summed E-state index contributed by atoms with van der Waals surface area (Å²) in [6.07, 6.45) is 0.0359. The molecule has 122 valence electrons. The van der Waals surface area contributed by atoms with E-state index >= 15 is 0 Å². The number of amides is 1. The highest BCUT2D eigenvalue weighted by atomic mass is 35.5. The molecule has 0 saturated heterocycles. The number of anilines is 1. The summed E-state index contributed by atoms with van der Waals surface area (Å²) in [6, 6.07) is 11.3. The number of benzene rings is 2. The van der Waals surface area contributed by atoms with E-state index in [-0.39, 0.29) is 5.91 Å². The fourth-order valence-electron chi connectivity index (χ4n) is 2.22. The van der Waals surface area contributed by atoms with Gasteiger partial charge in [-0.3, -0.25) is 4.79 Å². The molecule has 23 heavy (non-hydrogen) atoms. The second-order valence-electron chi connectivity index (χ2n) is 5.71. The van der Waals surface area contributed by atoms with Crippen LogP contribution in [0.15, 0.2) is 36.4 Å². The summed E-state index contributed by atoms with van der Waals surface area (Å²) in [7, 11) is 0. The summed E-state index contributed by atoms with van der Waals surface area (Å²) in [5, 5.41) is 3.49. The van der Waals surface area contributed by atoms with Gasteiger partial charge in [-0.1, -0.05) is 30.7 Å². The number of rotatable bonds is 5. The molecule has 0 radical (unpaired) electrons. The molecule has 2 aromatic rings. The first-order valence-electron chi connectivity index (χ1n) is 7.71. The van der Waals surface area contributed by atoms with E-state index in [4.69, 9.17) is 16.3 Å². The fourth-order valence-corrected chi connectivity index (χ4v) is 2.39. The highest BCUT2D eigenvalue weighted by molar-refractivity contribution is 6.31. The minimum atomic E-state index is -0.546. The van der Waals surface area contributed by atoms with Gasteiger partial charge >= 0.3 is 0 Å². The minimum Gasteiger partial charge on any atom is -0.481 e. The molecule has 0 aliphatic rings. The lowest BCUT2D eigenvalue weighted by molar-refractivity contribution is -0.122. The SMILES string of the molecule is CC[C@H](Oc1ccc(C)c(C)c1)C(=O)Nc1cc(Cl)ccc1C. The fraction of sp³-hybridized carbons (Fsp3) is 0.316. The number of halogens is 1. The quantitative estimate of drug-likeness (QED) is 0.831. The molecule has 4 heteroatoms. The van der Waals surface area contributed by atoms with Gasteiger partial charge in [0.05, 0.1) is 0 Å². The lowest BCUT2D eigenvalue weighted by Crippen LogP contribution is -2.32. The standard InChI is InChI=1S/C19H22ClNO2/c1-5-18(23-16-9-7-12(2)14(4)10-16)19(22)21-17-11-15(20)8-6-13(17)3/h6-11,18H,5H2,1-4H3,(H,21,22)/t18-/m0/s1. The van der Waals surface area contributed by atoms with Crippen LogP contribution in [-0.4, -0.2) is 12.0 Å². The van der Waals surface area contributed by atoms with E-state index in [1.165, 1.54) is 5.56 Å². The molecule has 2 rings (SSSR count). The second-order valence-corrected chi connectivity index (χ2v) is 6.15. The number of hydrogen-bond acceptors (Lipinski definition) is 2. The van der Waals surface area contributed by atoms with Crippen molar-refractivity contribution in [3.8, 4) is 5.75 Å². The average Bonchev–Trinajstić information content (AvgIpc) is 2.51. The van der Waals surface area contributed by atoms with Crippen molar-refractivity contribution in [2.45, 2.75) is 40.2 Å². The Kier molecular flexibility index (Phi) is 5.67. The Balaban J connectivity index is 2.11. The average molecular weight is 332 g/mol. The predicted molar refractivity (Wildman–Crippen MR) is 95.4 cm³/mol. The molecule has 0 saturated carbocycles. The van der Waals surface area contributed by atoms with E-state index in [1.54, 1.807) is 12.1 Å². The smallest absolute Gasteiger partial charge is 0.265 e. The molecule has 0 heterocycles. The molecule has 1 atom stereocenters. The highest BCUT2D eigenvalue weighted by Gasteiger charge is 2.19. The number of carbonyl (C=O) groups is 1. The zero-order chi connectivity index (χ0) is 17.0. The van der Waals surface area contributed by atoms with Crippen molar-refractivity contribution < 1.29 is 9.53 Å². The first-order chi connectivity index (χ1) is 10.9. The monoisotopic (exact) mass is 331 g/mol. The van der Waals surface area contributed by atoms with E-state index < -0.39 is 6.10 Å². The molecular formula is C19H22ClNO2. The Bertz CT molecular complexity index is 713. The van der Waals surface area contributed by atoms with E-state index in [1.807, 2.05) is 52.0 Å². The van der Waals surface area contributed by atoms with Crippen molar-refractivity contribution >= 4 is 23.2 Å². The first kappa shape index (κ1) is 17.4. The number of hydrogen-bond donors (Lipinski definition) is 1. The van der Waals surface area contributed by atoms with Gasteiger partial charge in [-0.25, -0.2) is 0 Å². The van der Waals surface area contributed by atoms with Crippen LogP contribution in [0.4, 0.5) is 5.69 Å². The minimum absolute atomic E-state index is 0.170. The van der Waals surface area contributed by atoms with E-state index in [0.29, 0.717) is 22.9 Å². The summed E-state index contributed by atoms with van der Waals surface area (Å²) in [5.74, 6) is 0.536. The van der Waals surface area contributed by atoms with Crippen molar-refractivity contribution in [2.24, 2.45) is 0 Å². The molecule has 0 aliphatic heterocycles. The van der Waals surface area contributed by atoms with E-state index in [2.05, 4.69) is 5.32 Å². The molecule has 0 spiro atoms. The van der Waals surface area contributed by atoms with Gasteiger partial charge in [0.25, 0.3) is 5.91 Å². The third-order valence-corrected chi connectivity index (χ3v) is 4.11. The topological polar surface area (TPSA) is 38.3 Å². The Hall–Kier alpha value is -2.00. The Morgan fingerprint density at radius 2 is 1.78 bits per heavy atom. The van der Waals surface area contributed by atoms with Gasteiger partial charge in [-0.05, 0) is 68.1 Å². The van der Waals surface area contributed by atoms with Crippen LogP contribution in [0, 0.1) is 20.8 Å². The summed E-state index contributed by atoms with van der Waals surface area (Å²) >= 11 is 5.99. The second kappa shape index (κ2) is 7.51. The van der Waals surface area contributed by atoms with Gasteiger partial charge in [-0.15, -0.1) is 0 Å². The summed E-state index contributed by atoms with van der Waals surface area (Å²) in [6.45, 7) is 7.93. The van der Waals surface area contributed by atoms with Crippen LogP contribution in [-0.2, 0) is 4.79 Å². The number of ether oxygens (including phenoxy) is 1. The maximum Gasteiger partial charge on any atom is 0.265 e. The van der Waals surface area contributed by atoms with Gasteiger partial charge in [0.2, 0.25) is 0 Å². The van der Waals surface area contributed by atoms with Gasteiger partial charge in [0.1, 0.15) is 5.75 Å². The Morgan fingerprint density at radius 1 is 1.09 bits per heavy atom. The highest BCUT2D eigenvalue weighted by Crippen LogP contribution is 2.22. The molecule has 1 amide bonds. The zero-order valence-electron chi connectivity index (χ0n) is 13.9. The van der Waals surface area contributed by atoms with Crippen LogP contribution in [0.1, 0.15) is 30.0 Å². The third-order valence-electron chi connectivity index (χ3n) is 3.88. The maximum atomic E-state index is 12.5. The molecule has 1 N–H and O–H groups in total. The molecular weight excluding hydrogens is 310 g/mol. The molecule has 0 bridgehead atoms. The molecule has 0 fully saturated rings. The molecule has 0 aliphatic carbocycles. The van der Waals surface area contributed by atoms with Crippen LogP contribution in [0.2, 0.25) is 5.02 Å². The Labute approximate surface area is 142 Å². The van der Waals surface area contributed by atoms with Crippen molar-refractivity contribution in [1.29, 1.82) is 0 Å². The van der Waals surface area contributed by atoms with E-state index in [9.17, 15) is 4.79 Å². The largest absolute Gasteiger partial charge is 0.481 e. The normalized spacial score (nSPS) is 11.9. The molecule has 0 aromatic heterocycles.